The number of rotatable bonds is 2. The smallest absolute Gasteiger partial charge is 0.162 e. The summed E-state index contributed by atoms with van der Waals surface area (Å²) in [6.45, 7) is 1.68. The highest BCUT2D eigenvalue weighted by atomic mass is 15.1. The van der Waals surface area contributed by atoms with Crippen molar-refractivity contribution in [3.63, 3.8) is 0 Å². The molecule has 0 amide bonds. The monoisotopic (exact) mass is 216 g/mol. The van der Waals surface area contributed by atoms with Gasteiger partial charge in [0, 0.05) is 18.5 Å². The van der Waals surface area contributed by atoms with Gasteiger partial charge in [-0.1, -0.05) is 0 Å². The Hall–Kier alpha value is -1.34. The Morgan fingerprint density at radius 1 is 1.44 bits per heavy atom. The third-order valence-corrected chi connectivity index (χ3v) is 3.94. The maximum atomic E-state index is 9.11. The molecule has 3 rings (SSSR count). The molecule has 84 valence electrons. The zero-order valence-corrected chi connectivity index (χ0v) is 9.37. The van der Waals surface area contributed by atoms with E-state index in [1.165, 1.54) is 12.8 Å². The van der Waals surface area contributed by atoms with Crippen LogP contribution in [0.5, 0.6) is 0 Å². The Labute approximate surface area is 95.1 Å². The third kappa shape index (κ3) is 1.21. The summed E-state index contributed by atoms with van der Waals surface area (Å²) in [5, 5.41) is 9.11. The first-order chi connectivity index (χ1) is 7.80. The van der Waals surface area contributed by atoms with E-state index in [1.54, 1.807) is 0 Å². The minimum atomic E-state index is 0.0984. The fourth-order valence-electron chi connectivity index (χ4n) is 2.71. The summed E-state index contributed by atoms with van der Waals surface area (Å²) in [6, 6.07) is 2.23. The predicted molar refractivity (Wildman–Crippen MR) is 59.8 cm³/mol. The number of aromatic nitrogens is 2. The van der Waals surface area contributed by atoms with Gasteiger partial charge in [0.1, 0.15) is 11.9 Å². The molecule has 4 nitrogen and oxygen atoms in total. The third-order valence-electron chi connectivity index (χ3n) is 3.94. The van der Waals surface area contributed by atoms with E-state index in [4.69, 9.17) is 11.0 Å². The highest BCUT2D eigenvalue weighted by Crippen LogP contribution is 2.47. The molecule has 2 heterocycles. The molecule has 0 bridgehead atoms. The lowest BCUT2D eigenvalue weighted by atomic mass is 10.1. The van der Waals surface area contributed by atoms with Crippen molar-refractivity contribution >= 4 is 0 Å². The van der Waals surface area contributed by atoms with Crippen molar-refractivity contribution in [3.8, 4) is 6.07 Å². The molecule has 0 radical (unpaired) electrons. The zero-order chi connectivity index (χ0) is 11.2. The topological polar surface area (TPSA) is 67.6 Å². The molecule has 1 aromatic rings. The van der Waals surface area contributed by atoms with Crippen LogP contribution in [0, 0.1) is 11.3 Å². The van der Waals surface area contributed by atoms with Gasteiger partial charge in [-0.15, -0.1) is 0 Å². The molecule has 4 heteroatoms. The lowest BCUT2D eigenvalue weighted by molar-refractivity contribution is 0.487. The van der Waals surface area contributed by atoms with Crippen LogP contribution in [0.1, 0.15) is 42.9 Å². The summed E-state index contributed by atoms with van der Waals surface area (Å²) >= 11 is 0. The number of hydrogen-bond donors (Lipinski definition) is 1. The Balaban J connectivity index is 2.12. The van der Waals surface area contributed by atoms with Crippen LogP contribution in [0.25, 0.3) is 0 Å². The first kappa shape index (κ1) is 9.86. The number of nitrogens with two attached hydrogens (primary N) is 1. The van der Waals surface area contributed by atoms with Gasteiger partial charge in [-0.3, -0.25) is 0 Å². The number of nitriles is 1. The lowest BCUT2D eigenvalue weighted by Crippen LogP contribution is -2.26. The molecule has 1 aliphatic carbocycles. The number of fused-ring (bicyclic) bond motifs is 1. The van der Waals surface area contributed by atoms with E-state index in [0.717, 1.165) is 37.3 Å². The molecule has 0 spiro atoms. The average molecular weight is 216 g/mol. The SMILES string of the molecule is N#Cc1nc(C2(CN)CC2)n2c1CCCC2. The number of nitrogens with zero attached hydrogens (tertiary/aromatic N) is 3. The summed E-state index contributed by atoms with van der Waals surface area (Å²) in [5.41, 5.74) is 7.72. The highest BCUT2D eigenvalue weighted by Gasteiger charge is 2.47. The fraction of sp³-hybridized carbons (Fsp3) is 0.667. The van der Waals surface area contributed by atoms with E-state index in [2.05, 4.69) is 15.6 Å². The van der Waals surface area contributed by atoms with E-state index in [0.29, 0.717) is 12.2 Å². The Morgan fingerprint density at radius 3 is 2.88 bits per heavy atom. The Kier molecular flexibility index (Phi) is 2.05. The van der Waals surface area contributed by atoms with Gasteiger partial charge in [-0.25, -0.2) is 4.98 Å². The molecule has 0 saturated heterocycles. The van der Waals surface area contributed by atoms with Crippen LogP contribution >= 0.6 is 0 Å². The van der Waals surface area contributed by atoms with Crippen molar-refractivity contribution in [3.05, 3.63) is 17.2 Å². The van der Waals surface area contributed by atoms with Crippen molar-refractivity contribution in [2.24, 2.45) is 5.73 Å². The quantitative estimate of drug-likeness (QED) is 0.804. The van der Waals surface area contributed by atoms with Gasteiger partial charge in [0.25, 0.3) is 0 Å². The molecule has 1 aromatic heterocycles. The van der Waals surface area contributed by atoms with Crippen LogP contribution in [0.2, 0.25) is 0 Å². The van der Waals surface area contributed by atoms with Crippen LogP contribution in [0.15, 0.2) is 0 Å². The van der Waals surface area contributed by atoms with Crippen molar-refractivity contribution in [2.45, 2.75) is 44.1 Å². The van der Waals surface area contributed by atoms with Crippen molar-refractivity contribution in [1.29, 1.82) is 5.26 Å². The molecule has 2 N–H and O–H groups in total. The molecule has 16 heavy (non-hydrogen) atoms. The molecule has 2 aliphatic rings. The highest BCUT2D eigenvalue weighted by molar-refractivity contribution is 5.35. The van der Waals surface area contributed by atoms with Crippen molar-refractivity contribution in [1.82, 2.24) is 9.55 Å². The van der Waals surface area contributed by atoms with Gasteiger partial charge in [-0.2, -0.15) is 5.26 Å². The van der Waals surface area contributed by atoms with Gasteiger partial charge < -0.3 is 10.3 Å². The van der Waals surface area contributed by atoms with E-state index < -0.39 is 0 Å². The summed E-state index contributed by atoms with van der Waals surface area (Å²) in [6.07, 6.45) is 5.63. The van der Waals surface area contributed by atoms with Crippen LogP contribution in [-0.2, 0) is 18.4 Å². The fourth-order valence-corrected chi connectivity index (χ4v) is 2.71. The average Bonchev–Trinajstić information content (AvgIpc) is 3.04. The molecular weight excluding hydrogens is 200 g/mol. The predicted octanol–water partition coefficient (Wildman–Crippen LogP) is 1.08. The minimum Gasteiger partial charge on any atom is -0.330 e. The van der Waals surface area contributed by atoms with E-state index in [-0.39, 0.29) is 5.41 Å². The van der Waals surface area contributed by atoms with Gasteiger partial charge in [0.05, 0.1) is 5.69 Å². The maximum Gasteiger partial charge on any atom is 0.162 e. The number of hydrogen-bond acceptors (Lipinski definition) is 3. The molecule has 1 fully saturated rings. The zero-order valence-electron chi connectivity index (χ0n) is 9.37. The van der Waals surface area contributed by atoms with Gasteiger partial charge >= 0.3 is 0 Å². The molecule has 0 aromatic carbocycles. The molecular formula is C12H16N4. The maximum absolute atomic E-state index is 9.11. The van der Waals surface area contributed by atoms with Crippen molar-refractivity contribution < 1.29 is 0 Å². The second kappa shape index (κ2) is 3.33. The minimum absolute atomic E-state index is 0.0984. The summed E-state index contributed by atoms with van der Waals surface area (Å²) in [4.78, 5) is 4.54. The first-order valence-electron chi connectivity index (χ1n) is 6.01. The van der Waals surface area contributed by atoms with Crippen molar-refractivity contribution in [2.75, 3.05) is 6.54 Å². The molecule has 1 aliphatic heterocycles. The standard InChI is InChI=1S/C12H16N4/c13-7-9-10-3-1-2-6-16(10)11(15-9)12(8-14)4-5-12/h1-6,8,14H2. The Bertz CT molecular complexity index is 462. The molecule has 1 saturated carbocycles. The Morgan fingerprint density at radius 2 is 2.25 bits per heavy atom. The van der Waals surface area contributed by atoms with Crippen LogP contribution in [0.4, 0.5) is 0 Å². The van der Waals surface area contributed by atoms with Gasteiger partial charge in [0.2, 0.25) is 0 Å². The van der Waals surface area contributed by atoms with E-state index in [1.807, 2.05) is 0 Å². The first-order valence-corrected chi connectivity index (χ1v) is 6.01. The summed E-state index contributed by atoms with van der Waals surface area (Å²) in [5.74, 6) is 1.08. The number of imidazole rings is 1. The van der Waals surface area contributed by atoms with Crippen LogP contribution < -0.4 is 5.73 Å². The van der Waals surface area contributed by atoms with Gasteiger partial charge in [0.15, 0.2) is 5.69 Å². The largest absolute Gasteiger partial charge is 0.330 e. The second-order valence-corrected chi connectivity index (χ2v) is 4.94. The van der Waals surface area contributed by atoms with E-state index >= 15 is 0 Å². The lowest BCUT2D eigenvalue weighted by Gasteiger charge is -2.20. The van der Waals surface area contributed by atoms with Crippen LogP contribution in [-0.4, -0.2) is 16.1 Å². The van der Waals surface area contributed by atoms with E-state index in [9.17, 15) is 0 Å². The molecule has 0 atom stereocenters. The normalized spacial score (nSPS) is 21.2. The van der Waals surface area contributed by atoms with Crippen LogP contribution in [0.3, 0.4) is 0 Å². The second-order valence-electron chi connectivity index (χ2n) is 4.94. The summed E-state index contributed by atoms with van der Waals surface area (Å²) < 4.78 is 2.27. The van der Waals surface area contributed by atoms with Gasteiger partial charge in [-0.05, 0) is 32.1 Å². The summed E-state index contributed by atoms with van der Waals surface area (Å²) in [7, 11) is 0. The molecule has 0 unspecified atom stereocenters.